The van der Waals surface area contributed by atoms with Crippen molar-refractivity contribution in [2.24, 2.45) is 0 Å². The maximum atomic E-state index is 13.0. The van der Waals surface area contributed by atoms with Crippen molar-refractivity contribution in [3.63, 3.8) is 0 Å². The molecule has 6 nitrogen and oxygen atoms in total. The van der Waals surface area contributed by atoms with Gasteiger partial charge in [-0.15, -0.1) is 0 Å². The second-order valence-corrected chi connectivity index (χ2v) is 7.55. The summed E-state index contributed by atoms with van der Waals surface area (Å²) in [4.78, 5) is 28.9. The summed E-state index contributed by atoms with van der Waals surface area (Å²) in [6, 6.07) is 7.22. The van der Waals surface area contributed by atoms with Gasteiger partial charge in [-0.25, -0.2) is 9.78 Å². The third-order valence-electron chi connectivity index (χ3n) is 4.43. The van der Waals surface area contributed by atoms with E-state index in [-0.39, 0.29) is 18.1 Å². The lowest BCUT2D eigenvalue weighted by atomic mass is 10.2. The van der Waals surface area contributed by atoms with Gasteiger partial charge < -0.3 is 10.1 Å². The third-order valence-corrected chi connectivity index (χ3v) is 5.39. The molecule has 152 valence electrons. The van der Waals surface area contributed by atoms with E-state index in [0.29, 0.717) is 21.8 Å². The van der Waals surface area contributed by atoms with Crippen LogP contribution in [-0.4, -0.2) is 40.7 Å². The van der Waals surface area contributed by atoms with Crippen molar-refractivity contribution in [2.45, 2.75) is 43.1 Å². The van der Waals surface area contributed by atoms with Gasteiger partial charge in [-0.1, -0.05) is 36.7 Å². The first kappa shape index (κ1) is 20.5. The van der Waals surface area contributed by atoms with E-state index in [1.54, 1.807) is 28.8 Å². The normalized spacial score (nSPS) is 15.1. The fraction of sp³-hybridized carbons (Fsp3) is 0.500. The van der Waals surface area contributed by atoms with Gasteiger partial charge in [0.1, 0.15) is 0 Å². The number of nitrogens with zero attached hydrogens (tertiary/aromatic N) is 2. The molecule has 1 saturated carbocycles. The van der Waals surface area contributed by atoms with E-state index >= 15 is 0 Å². The lowest BCUT2D eigenvalue weighted by molar-refractivity contribution is -0.160. The highest BCUT2D eigenvalue weighted by molar-refractivity contribution is 7.99. The molecule has 2 aromatic rings. The number of alkyl carbamates (subject to hydrolysis) is 1. The highest BCUT2D eigenvalue weighted by atomic mass is 32.2. The molecule has 1 aromatic heterocycles. The molecule has 1 aromatic carbocycles. The van der Waals surface area contributed by atoms with Gasteiger partial charge in [-0.05, 0) is 25.0 Å². The van der Waals surface area contributed by atoms with Crippen LogP contribution in [0.2, 0.25) is 0 Å². The van der Waals surface area contributed by atoms with Crippen LogP contribution in [0.3, 0.4) is 0 Å². The molecule has 1 aliphatic rings. The largest absolute Gasteiger partial charge is 0.440 e. The number of carbonyl (C=O) groups is 1. The van der Waals surface area contributed by atoms with Crippen LogP contribution in [0.4, 0.5) is 18.0 Å². The van der Waals surface area contributed by atoms with Crippen molar-refractivity contribution in [1.29, 1.82) is 0 Å². The van der Waals surface area contributed by atoms with Crippen LogP contribution >= 0.6 is 11.8 Å². The number of alkyl halides is 3. The number of benzene rings is 1. The van der Waals surface area contributed by atoms with Crippen LogP contribution in [0.25, 0.3) is 10.9 Å². The monoisotopic (exact) mass is 415 g/mol. The summed E-state index contributed by atoms with van der Waals surface area (Å²) in [7, 11) is 0. The number of fused-ring (bicyclic) bond motifs is 1. The molecule has 0 radical (unpaired) electrons. The molecule has 0 saturated heterocycles. The van der Waals surface area contributed by atoms with Crippen LogP contribution in [-0.2, 0) is 4.74 Å². The highest BCUT2D eigenvalue weighted by Crippen LogP contribution is 2.32. The zero-order chi connectivity index (χ0) is 20.1. The Bertz CT molecular complexity index is 895. The number of nitrogens with one attached hydrogen (secondary N) is 1. The molecule has 0 spiro atoms. The number of halogens is 3. The number of para-hydroxylation sites is 1. The summed E-state index contributed by atoms with van der Waals surface area (Å²) in [5.74, 6) is 0.346. The summed E-state index contributed by atoms with van der Waals surface area (Å²) in [5, 5.41) is 3.39. The summed E-state index contributed by atoms with van der Waals surface area (Å²) in [6.45, 7) is -1.53. The number of aromatic nitrogens is 2. The molecule has 0 aliphatic heterocycles. The molecule has 1 aliphatic carbocycles. The Morgan fingerprint density at radius 3 is 2.71 bits per heavy atom. The number of thioether (sulfide) groups is 1. The van der Waals surface area contributed by atoms with Gasteiger partial charge in [0, 0.05) is 18.3 Å². The molecular formula is C18H20F3N3O3S. The summed E-state index contributed by atoms with van der Waals surface area (Å²) in [5.41, 5.74) is 0.513. The van der Waals surface area contributed by atoms with Gasteiger partial charge in [-0.3, -0.25) is 9.36 Å². The topological polar surface area (TPSA) is 73.2 Å². The van der Waals surface area contributed by atoms with E-state index < -0.39 is 18.9 Å². The Morgan fingerprint density at radius 2 is 2.00 bits per heavy atom. The first-order valence-electron chi connectivity index (χ1n) is 8.96. The van der Waals surface area contributed by atoms with Crippen molar-refractivity contribution < 1.29 is 22.7 Å². The minimum Gasteiger partial charge on any atom is -0.440 e. The fourth-order valence-corrected chi connectivity index (χ4v) is 4.13. The van der Waals surface area contributed by atoms with E-state index in [1.807, 2.05) is 0 Å². The van der Waals surface area contributed by atoms with E-state index in [1.165, 1.54) is 11.8 Å². The van der Waals surface area contributed by atoms with E-state index in [2.05, 4.69) is 15.0 Å². The smallest absolute Gasteiger partial charge is 0.422 e. The zero-order valence-electron chi connectivity index (χ0n) is 15.0. The van der Waals surface area contributed by atoms with Crippen LogP contribution in [0.15, 0.2) is 34.2 Å². The zero-order valence-corrected chi connectivity index (χ0v) is 15.8. The van der Waals surface area contributed by atoms with Gasteiger partial charge >= 0.3 is 12.3 Å². The molecule has 1 heterocycles. The van der Waals surface area contributed by atoms with E-state index in [9.17, 15) is 22.8 Å². The Hall–Kier alpha value is -2.23. The maximum absolute atomic E-state index is 13.0. The SMILES string of the molecule is O=C(NCCSc1nc2ccccc2c(=O)n1C1CCCC1)OCC(F)(F)F. The van der Waals surface area contributed by atoms with Crippen LogP contribution in [0, 0.1) is 0 Å². The predicted octanol–water partition coefficient (Wildman–Crippen LogP) is 3.89. The Balaban J connectivity index is 1.67. The third kappa shape index (κ3) is 5.18. The molecule has 1 fully saturated rings. The van der Waals surface area contributed by atoms with Crippen molar-refractivity contribution in [3.8, 4) is 0 Å². The fourth-order valence-electron chi connectivity index (χ4n) is 3.21. The van der Waals surface area contributed by atoms with Crippen molar-refractivity contribution in [3.05, 3.63) is 34.6 Å². The number of hydrogen-bond donors (Lipinski definition) is 1. The Kier molecular flexibility index (Phi) is 6.48. The average molecular weight is 415 g/mol. The molecule has 0 bridgehead atoms. The first-order chi connectivity index (χ1) is 13.3. The van der Waals surface area contributed by atoms with Gasteiger partial charge in [0.05, 0.1) is 10.9 Å². The van der Waals surface area contributed by atoms with Gasteiger partial charge in [0.15, 0.2) is 11.8 Å². The molecular weight excluding hydrogens is 395 g/mol. The lowest BCUT2D eigenvalue weighted by Crippen LogP contribution is -2.31. The predicted molar refractivity (Wildman–Crippen MR) is 99.6 cm³/mol. The second kappa shape index (κ2) is 8.85. The molecule has 0 unspecified atom stereocenters. The second-order valence-electron chi connectivity index (χ2n) is 6.49. The highest BCUT2D eigenvalue weighted by Gasteiger charge is 2.29. The Morgan fingerprint density at radius 1 is 1.29 bits per heavy atom. The number of rotatable bonds is 6. The van der Waals surface area contributed by atoms with Crippen molar-refractivity contribution in [1.82, 2.24) is 14.9 Å². The summed E-state index contributed by atoms with van der Waals surface area (Å²) >= 11 is 1.29. The van der Waals surface area contributed by atoms with Crippen LogP contribution < -0.4 is 10.9 Å². The molecule has 28 heavy (non-hydrogen) atoms. The van der Waals surface area contributed by atoms with Crippen molar-refractivity contribution >= 4 is 28.8 Å². The Labute approximate surface area is 163 Å². The minimum absolute atomic E-state index is 0.0856. The first-order valence-corrected chi connectivity index (χ1v) is 9.95. The average Bonchev–Trinajstić information content (AvgIpc) is 3.17. The van der Waals surface area contributed by atoms with Crippen LogP contribution in [0.1, 0.15) is 31.7 Å². The number of amides is 1. The lowest BCUT2D eigenvalue weighted by Gasteiger charge is -2.18. The number of ether oxygens (including phenoxy) is 1. The van der Waals surface area contributed by atoms with E-state index in [4.69, 9.17) is 0 Å². The summed E-state index contributed by atoms with van der Waals surface area (Å²) < 4.78 is 41.9. The van der Waals surface area contributed by atoms with Gasteiger partial charge in [0.2, 0.25) is 0 Å². The van der Waals surface area contributed by atoms with E-state index in [0.717, 1.165) is 25.7 Å². The molecule has 3 rings (SSSR count). The maximum Gasteiger partial charge on any atom is 0.422 e. The molecule has 0 atom stereocenters. The summed E-state index contributed by atoms with van der Waals surface area (Å²) in [6.07, 6.45) is -1.75. The number of carbonyl (C=O) groups excluding carboxylic acids is 1. The van der Waals surface area contributed by atoms with Gasteiger partial charge in [-0.2, -0.15) is 13.2 Å². The number of hydrogen-bond acceptors (Lipinski definition) is 5. The van der Waals surface area contributed by atoms with Gasteiger partial charge in [0.25, 0.3) is 5.56 Å². The molecule has 1 amide bonds. The standard InChI is InChI=1S/C18H20F3N3O3S/c19-18(20,21)11-27-17(26)22-9-10-28-16-23-14-8-4-3-7-13(14)15(25)24(16)12-5-1-2-6-12/h3-4,7-8,12H,1-2,5-6,9-11H2,(H,22,26). The van der Waals surface area contributed by atoms with Crippen molar-refractivity contribution in [2.75, 3.05) is 18.9 Å². The van der Waals surface area contributed by atoms with Crippen LogP contribution in [0.5, 0.6) is 0 Å². The molecule has 10 heteroatoms. The quantitative estimate of drug-likeness (QED) is 0.440. The molecule has 1 N–H and O–H groups in total. The minimum atomic E-state index is -4.56.